The highest BCUT2D eigenvalue weighted by Crippen LogP contribution is 2.56. The molecule has 0 aliphatic heterocycles. The predicted octanol–water partition coefficient (Wildman–Crippen LogP) is 5.92. The summed E-state index contributed by atoms with van der Waals surface area (Å²) in [5, 5.41) is 0. The van der Waals surface area contributed by atoms with E-state index in [0.717, 1.165) is 5.92 Å². The van der Waals surface area contributed by atoms with E-state index < -0.39 is 8.32 Å². The summed E-state index contributed by atoms with van der Waals surface area (Å²) in [4.78, 5) is 0. The largest absolute Gasteiger partial charge is 0.414 e. The predicted molar refractivity (Wildman–Crippen MR) is 90.5 cm³/mol. The van der Waals surface area contributed by atoms with Crippen molar-refractivity contribution in [3.8, 4) is 0 Å². The van der Waals surface area contributed by atoms with E-state index in [0.29, 0.717) is 11.5 Å². The Balaban J connectivity index is 2.18. The van der Waals surface area contributed by atoms with Crippen LogP contribution in [0.2, 0.25) is 18.1 Å². The molecule has 1 unspecified atom stereocenters. The fourth-order valence-electron chi connectivity index (χ4n) is 4.90. The van der Waals surface area contributed by atoms with Gasteiger partial charge in [0.2, 0.25) is 0 Å². The Kier molecular flexibility index (Phi) is 5.17. The van der Waals surface area contributed by atoms with Crippen LogP contribution in [-0.2, 0) is 4.43 Å². The third kappa shape index (κ3) is 2.66. The third-order valence-corrected chi connectivity index (χ3v) is 11.3. The molecule has 2 saturated carbocycles. The Morgan fingerprint density at radius 3 is 2.40 bits per heavy atom. The summed E-state index contributed by atoms with van der Waals surface area (Å²) in [6.07, 6.45) is 9.68. The van der Waals surface area contributed by atoms with Crippen LogP contribution in [0.25, 0.3) is 0 Å². The van der Waals surface area contributed by atoms with E-state index in [1.54, 1.807) is 5.57 Å². The second-order valence-electron chi connectivity index (χ2n) is 7.17. The molecule has 0 aromatic rings. The van der Waals surface area contributed by atoms with Gasteiger partial charge < -0.3 is 4.43 Å². The van der Waals surface area contributed by atoms with Gasteiger partial charge in [0.25, 0.3) is 0 Å². The Morgan fingerprint density at radius 1 is 1.20 bits per heavy atom. The van der Waals surface area contributed by atoms with Crippen LogP contribution >= 0.6 is 0 Å². The van der Waals surface area contributed by atoms with Crippen molar-refractivity contribution in [3.63, 3.8) is 0 Å². The van der Waals surface area contributed by atoms with Gasteiger partial charge in [-0.05, 0) is 62.1 Å². The van der Waals surface area contributed by atoms with Gasteiger partial charge in [-0.15, -0.1) is 0 Å². The summed E-state index contributed by atoms with van der Waals surface area (Å²) >= 11 is 0. The van der Waals surface area contributed by atoms with Gasteiger partial charge in [0.1, 0.15) is 0 Å². The zero-order valence-corrected chi connectivity index (χ0v) is 15.3. The van der Waals surface area contributed by atoms with Crippen LogP contribution < -0.4 is 0 Å². The molecule has 0 bridgehead atoms. The zero-order chi connectivity index (χ0) is 14.8. The van der Waals surface area contributed by atoms with E-state index in [1.165, 1.54) is 50.2 Å². The Morgan fingerprint density at radius 2 is 1.85 bits per heavy atom. The van der Waals surface area contributed by atoms with Crippen LogP contribution in [0.3, 0.4) is 0 Å². The van der Waals surface area contributed by atoms with Crippen molar-refractivity contribution in [3.05, 3.63) is 11.6 Å². The van der Waals surface area contributed by atoms with Gasteiger partial charge in [0, 0.05) is 6.10 Å². The van der Waals surface area contributed by atoms with Crippen molar-refractivity contribution in [1.29, 1.82) is 0 Å². The third-order valence-electron chi connectivity index (χ3n) is 6.59. The molecule has 0 saturated heterocycles. The van der Waals surface area contributed by atoms with Crippen molar-refractivity contribution in [2.45, 2.75) is 91.0 Å². The van der Waals surface area contributed by atoms with E-state index in [-0.39, 0.29) is 0 Å². The molecule has 0 aromatic carbocycles. The van der Waals surface area contributed by atoms with Crippen molar-refractivity contribution in [1.82, 2.24) is 0 Å². The van der Waals surface area contributed by atoms with Crippen molar-refractivity contribution < 1.29 is 4.43 Å². The number of fused-ring (bicyclic) bond motifs is 1. The number of hydrogen-bond acceptors (Lipinski definition) is 1. The molecular formula is C18H34OSi. The Bertz CT molecular complexity index is 350. The summed E-state index contributed by atoms with van der Waals surface area (Å²) < 4.78 is 6.91. The SMILES string of the molecule is C/C=C1/CCC2[C@@H](O[Si](CC)(CC)CC)CCC[C@]12C. The monoisotopic (exact) mass is 294 g/mol. The second-order valence-corrected chi connectivity index (χ2v) is 11.9. The second kappa shape index (κ2) is 6.35. The van der Waals surface area contributed by atoms with Crippen LogP contribution in [0.5, 0.6) is 0 Å². The first-order valence-corrected chi connectivity index (χ1v) is 11.4. The molecule has 0 radical (unpaired) electrons. The molecule has 0 spiro atoms. The maximum absolute atomic E-state index is 6.91. The highest BCUT2D eigenvalue weighted by atomic mass is 28.4. The lowest BCUT2D eigenvalue weighted by molar-refractivity contribution is 0.0249. The van der Waals surface area contributed by atoms with E-state index >= 15 is 0 Å². The number of allylic oxidation sites excluding steroid dienone is 2. The topological polar surface area (TPSA) is 9.23 Å². The van der Waals surface area contributed by atoms with Crippen molar-refractivity contribution >= 4 is 8.32 Å². The lowest BCUT2D eigenvalue weighted by Crippen LogP contribution is -2.47. The molecule has 0 aromatic heterocycles. The average molecular weight is 295 g/mol. The molecule has 2 aliphatic carbocycles. The molecule has 2 fully saturated rings. The summed E-state index contributed by atoms with van der Waals surface area (Å²) in [6, 6.07) is 3.86. The maximum Gasteiger partial charge on any atom is 0.192 e. The van der Waals surface area contributed by atoms with Gasteiger partial charge >= 0.3 is 0 Å². The van der Waals surface area contributed by atoms with Crippen LogP contribution in [0, 0.1) is 11.3 Å². The van der Waals surface area contributed by atoms with Crippen LogP contribution in [0.4, 0.5) is 0 Å². The lowest BCUT2D eigenvalue weighted by Gasteiger charge is -2.46. The van der Waals surface area contributed by atoms with E-state index in [4.69, 9.17) is 4.43 Å². The minimum Gasteiger partial charge on any atom is -0.414 e. The molecule has 3 atom stereocenters. The summed E-state index contributed by atoms with van der Waals surface area (Å²) in [5.41, 5.74) is 2.17. The molecule has 2 rings (SSSR count). The molecule has 2 aliphatic rings. The van der Waals surface area contributed by atoms with Crippen LogP contribution in [0.1, 0.15) is 66.7 Å². The Hall–Kier alpha value is -0.0831. The summed E-state index contributed by atoms with van der Waals surface area (Å²) in [5.74, 6) is 0.791. The molecule has 0 heterocycles. The number of rotatable bonds is 5. The highest BCUT2D eigenvalue weighted by Gasteiger charge is 2.49. The Labute approximate surface area is 127 Å². The smallest absolute Gasteiger partial charge is 0.192 e. The van der Waals surface area contributed by atoms with E-state index in [2.05, 4.69) is 40.7 Å². The average Bonchev–Trinajstić information content (AvgIpc) is 2.82. The molecule has 0 amide bonds. The summed E-state index contributed by atoms with van der Waals surface area (Å²) in [7, 11) is -1.45. The molecule has 1 nitrogen and oxygen atoms in total. The first-order valence-electron chi connectivity index (χ1n) is 8.88. The minimum absolute atomic E-state index is 0.451. The first kappa shape index (κ1) is 16.3. The summed E-state index contributed by atoms with van der Waals surface area (Å²) in [6.45, 7) is 11.8. The highest BCUT2D eigenvalue weighted by molar-refractivity contribution is 6.73. The maximum atomic E-state index is 6.91. The quantitative estimate of drug-likeness (QED) is 0.451. The fourth-order valence-corrected chi connectivity index (χ4v) is 7.83. The van der Waals surface area contributed by atoms with Crippen LogP contribution in [0.15, 0.2) is 11.6 Å². The van der Waals surface area contributed by atoms with Gasteiger partial charge in [-0.25, -0.2) is 0 Å². The van der Waals surface area contributed by atoms with Crippen molar-refractivity contribution in [2.24, 2.45) is 11.3 Å². The number of hydrogen-bond donors (Lipinski definition) is 0. The first-order chi connectivity index (χ1) is 9.55. The molecule has 20 heavy (non-hydrogen) atoms. The normalized spacial score (nSPS) is 36.4. The van der Waals surface area contributed by atoms with E-state index in [9.17, 15) is 0 Å². The zero-order valence-electron chi connectivity index (χ0n) is 14.3. The van der Waals surface area contributed by atoms with Crippen LogP contribution in [-0.4, -0.2) is 14.4 Å². The molecule has 2 heteroatoms. The molecule has 116 valence electrons. The molecule has 0 N–H and O–H groups in total. The standard InChI is InChI=1S/C18H34OSi/c1-6-15-12-13-16-17(11-10-14-18(15,16)5)19-20(7-2,8-3)9-4/h6,16-17H,7-14H2,1-5H3/b15-6-/t16?,17-,18+/m0/s1. The molecular weight excluding hydrogens is 260 g/mol. The van der Waals surface area contributed by atoms with Gasteiger partial charge in [0.15, 0.2) is 8.32 Å². The lowest BCUT2D eigenvalue weighted by atomic mass is 9.66. The van der Waals surface area contributed by atoms with E-state index in [1.807, 2.05) is 0 Å². The van der Waals surface area contributed by atoms with Gasteiger partial charge in [-0.3, -0.25) is 0 Å². The van der Waals surface area contributed by atoms with Crippen molar-refractivity contribution in [2.75, 3.05) is 0 Å². The fraction of sp³-hybridized carbons (Fsp3) is 0.889. The van der Waals surface area contributed by atoms with Gasteiger partial charge in [-0.1, -0.05) is 45.8 Å². The minimum atomic E-state index is -1.45. The van der Waals surface area contributed by atoms with Gasteiger partial charge in [0.05, 0.1) is 0 Å². The van der Waals surface area contributed by atoms with Gasteiger partial charge in [-0.2, -0.15) is 0 Å².